The highest BCUT2D eigenvalue weighted by molar-refractivity contribution is 7.43. The lowest BCUT2D eigenvalue weighted by molar-refractivity contribution is 0.387. The van der Waals surface area contributed by atoms with Crippen LogP contribution in [0.25, 0.3) is 44.5 Å². The predicted octanol–water partition coefficient (Wildman–Crippen LogP) is 13.5. The van der Waals surface area contributed by atoms with Crippen LogP contribution < -0.4 is 13.6 Å². The van der Waals surface area contributed by atoms with E-state index in [1.165, 1.54) is 65.7 Å². The summed E-state index contributed by atoms with van der Waals surface area (Å²) in [4.78, 5) is 0. The average Bonchev–Trinajstić information content (AvgIpc) is 3.06. The Morgan fingerprint density at radius 1 is 0.346 bits per heavy atom. The lowest BCUT2D eigenvalue weighted by Crippen LogP contribution is -2.18. The molecule has 0 saturated carbocycles. The molecule has 0 unspecified atom stereocenters. The Morgan fingerprint density at radius 3 is 1.13 bits per heavy atom. The fraction of sp³-hybridized carbons (Fsp3) is 0.250. The topological polar surface area (TPSA) is 27.7 Å². The highest BCUT2D eigenvalue weighted by atomic mass is 31.2. The number of rotatable bonds is 6. The summed E-state index contributed by atoms with van der Waals surface area (Å²) in [6, 6.07) is 38.9. The second-order valence-electron chi connectivity index (χ2n) is 17.5. The second kappa shape index (κ2) is 11.3. The molecule has 3 aliphatic carbocycles. The Hall–Kier alpha value is -4.85. The summed E-state index contributed by atoms with van der Waals surface area (Å²) in [5, 5.41) is 4.86. The molecule has 0 heterocycles. The van der Waals surface area contributed by atoms with Gasteiger partial charge in [0, 0.05) is 16.3 Å². The van der Waals surface area contributed by atoms with Gasteiger partial charge in [0.05, 0.1) is 0 Å². The first-order chi connectivity index (χ1) is 24.7. The van der Waals surface area contributed by atoms with Gasteiger partial charge in [-0.1, -0.05) is 153 Å². The molecule has 52 heavy (non-hydrogen) atoms. The fourth-order valence-corrected chi connectivity index (χ4v) is 9.41. The van der Waals surface area contributed by atoms with Crippen LogP contribution in [0.15, 0.2) is 109 Å². The molecule has 260 valence electrons. The smallest absolute Gasteiger partial charge is 0.408 e. The van der Waals surface area contributed by atoms with Crippen LogP contribution in [0.5, 0.6) is 17.2 Å². The van der Waals surface area contributed by atoms with Crippen molar-refractivity contribution in [3.8, 4) is 61.8 Å². The standard InChI is InChI=1S/C48H45O3P/c1-46(2,3)34-22-25-37(43-31-19-13-10-16-28(31)40(34)43)49-52(50-38-26-23-35(47(4,5)6)41-29-17-11-14-20-32(29)44(38)41)51-39-27-24-36(48(7,8)9)42-30-18-12-15-21-33(30)45(39)42/h10-27H,1-9H3. The first-order valence-electron chi connectivity index (χ1n) is 18.4. The zero-order valence-electron chi connectivity index (χ0n) is 31.6. The lowest BCUT2D eigenvalue weighted by atomic mass is 9.71. The van der Waals surface area contributed by atoms with Crippen molar-refractivity contribution in [2.24, 2.45) is 0 Å². The highest BCUT2D eigenvalue weighted by Gasteiger charge is 2.37. The molecular formula is C48H45O3P. The van der Waals surface area contributed by atoms with E-state index >= 15 is 0 Å². The van der Waals surface area contributed by atoms with Crippen LogP contribution in [0.1, 0.15) is 79.0 Å². The third kappa shape index (κ3) is 4.96. The van der Waals surface area contributed by atoms with E-state index in [4.69, 9.17) is 13.6 Å². The Labute approximate surface area is 308 Å². The van der Waals surface area contributed by atoms with Gasteiger partial charge < -0.3 is 13.6 Å². The summed E-state index contributed by atoms with van der Waals surface area (Å²) in [7, 11) is -1.95. The molecule has 3 nitrogen and oxygen atoms in total. The normalized spacial score (nSPS) is 13.3. The fourth-order valence-electron chi connectivity index (χ4n) is 8.36. The maximum absolute atomic E-state index is 7.04. The van der Waals surface area contributed by atoms with Crippen molar-refractivity contribution in [2.45, 2.75) is 78.6 Å². The van der Waals surface area contributed by atoms with Gasteiger partial charge in [-0.25, -0.2) is 0 Å². The van der Waals surface area contributed by atoms with E-state index in [1.54, 1.807) is 0 Å². The number of fused-ring (bicyclic) bond motifs is 10. The van der Waals surface area contributed by atoms with E-state index in [0.717, 1.165) is 33.6 Å². The first-order valence-corrected chi connectivity index (χ1v) is 19.5. The molecule has 3 aliphatic rings. The van der Waals surface area contributed by atoms with Crippen LogP contribution in [0, 0.1) is 20.9 Å². The van der Waals surface area contributed by atoms with E-state index in [2.05, 4.69) is 172 Å². The Balaban J connectivity index is 1.20. The number of benzene rings is 6. The van der Waals surface area contributed by atoms with Crippen molar-refractivity contribution < 1.29 is 13.6 Å². The van der Waals surface area contributed by atoms with E-state index in [-0.39, 0.29) is 16.2 Å². The molecule has 0 spiro atoms. The van der Waals surface area contributed by atoms with Gasteiger partial charge in [0.25, 0.3) is 0 Å². The summed E-state index contributed by atoms with van der Waals surface area (Å²) < 4.78 is 21.1. The molecule has 0 atom stereocenters. The summed E-state index contributed by atoms with van der Waals surface area (Å²) in [6.07, 6.45) is 0. The van der Waals surface area contributed by atoms with Gasteiger partial charge in [0.1, 0.15) is 17.2 Å². The molecule has 0 aromatic heterocycles. The third-order valence-corrected chi connectivity index (χ3v) is 11.9. The van der Waals surface area contributed by atoms with Gasteiger partial charge in [-0.2, -0.15) is 0 Å². The molecule has 0 N–H and O–H groups in total. The van der Waals surface area contributed by atoms with Gasteiger partial charge in [-0.05, 0) is 100 Å². The average molecular weight is 701 g/mol. The van der Waals surface area contributed by atoms with Gasteiger partial charge in [0.2, 0.25) is 0 Å². The summed E-state index contributed by atoms with van der Waals surface area (Å²) in [5.41, 5.74) is 13.6. The third-order valence-electron chi connectivity index (χ3n) is 10.8. The zero-order chi connectivity index (χ0) is 36.3. The molecule has 0 fully saturated rings. The quantitative estimate of drug-likeness (QED) is 0.162. The Kier molecular flexibility index (Phi) is 7.19. The van der Waals surface area contributed by atoms with E-state index in [0.29, 0.717) is 0 Å². The van der Waals surface area contributed by atoms with Crippen molar-refractivity contribution in [3.05, 3.63) is 147 Å². The van der Waals surface area contributed by atoms with Crippen molar-refractivity contribution in [3.63, 3.8) is 0 Å². The van der Waals surface area contributed by atoms with Gasteiger partial charge in [-0.15, -0.1) is 0 Å². The molecule has 0 bridgehead atoms. The predicted molar refractivity (Wildman–Crippen MR) is 215 cm³/mol. The molecular weight excluding hydrogens is 655 g/mol. The molecule has 0 saturated heterocycles. The van der Waals surface area contributed by atoms with Gasteiger partial charge >= 0.3 is 8.60 Å². The Bertz CT molecular complexity index is 2560. The summed E-state index contributed by atoms with van der Waals surface area (Å²) in [6.45, 7) is 20.5. The minimum atomic E-state index is -1.95. The first kappa shape index (κ1) is 33.0. The maximum Gasteiger partial charge on any atom is 0.530 e. The molecule has 0 amide bonds. The monoisotopic (exact) mass is 700 g/mol. The van der Waals surface area contributed by atoms with Crippen LogP contribution in [0.4, 0.5) is 0 Å². The minimum Gasteiger partial charge on any atom is -0.408 e. The van der Waals surface area contributed by atoms with E-state index < -0.39 is 8.60 Å². The number of hydrogen-bond donors (Lipinski definition) is 0. The summed E-state index contributed by atoms with van der Waals surface area (Å²) in [5.74, 6) is 2.34. The highest BCUT2D eigenvalue weighted by Crippen LogP contribution is 2.60. The van der Waals surface area contributed by atoms with Crippen molar-refractivity contribution in [1.82, 2.24) is 0 Å². The molecule has 9 rings (SSSR count). The second-order valence-corrected chi connectivity index (χ2v) is 18.5. The van der Waals surface area contributed by atoms with Gasteiger partial charge in [-0.3, -0.25) is 0 Å². The van der Waals surface area contributed by atoms with Crippen molar-refractivity contribution in [1.29, 1.82) is 0 Å². The SMILES string of the molecule is CC(C)(C)c1ccc(OP(Oc2ccc(C(C)(C)C)c3c2-c2ccccc2-3)Oc2ccc(C(C)(C)C)c3c2=c2ccccc2=3)c2c1-c1ccccc1-2. The molecule has 0 aliphatic heterocycles. The zero-order valence-corrected chi connectivity index (χ0v) is 32.5. The van der Waals surface area contributed by atoms with Crippen molar-refractivity contribution >= 4 is 8.60 Å². The van der Waals surface area contributed by atoms with Crippen LogP contribution in [-0.2, 0) is 16.2 Å². The van der Waals surface area contributed by atoms with E-state index in [9.17, 15) is 0 Å². The summed E-state index contributed by atoms with van der Waals surface area (Å²) >= 11 is 0. The van der Waals surface area contributed by atoms with Gasteiger partial charge in [0.15, 0.2) is 0 Å². The maximum atomic E-state index is 7.04. The molecule has 0 radical (unpaired) electrons. The number of hydrogen-bond acceptors (Lipinski definition) is 3. The van der Waals surface area contributed by atoms with Crippen LogP contribution in [0.3, 0.4) is 0 Å². The van der Waals surface area contributed by atoms with Crippen molar-refractivity contribution in [2.75, 3.05) is 0 Å². The van der Waals surface area contributed by atoms with Crippen LogP contribution in [-0.4, -0.2) is 0 Å². The van der Waals surface area contributed by atoms with Crippen LogP contribution >= 0.6 is 8.60 Å². The van der Waals surface area contributed by atoms with E-state index in [1.807, 2.05) is 0 Å². The van der Waals surface area contributed by atoms with Crippen LogP contribution in [0.2, 0.25) is 0 Å². The molecule has 6 aromatic carbocycles. The molecule has 4 heteroatoms. The largest absolute Gasteiger partial charge is 0.530 e. The lowest BCUT2D eigenvalue weighted by Gasteiger charge is -2.35. The Morgan fingerprint density at radius 2 is 0.692 bits per heavy atom. The minimum absolute atomic E-state index is 0.0249. The molecule has 6 aromatic rings.